The molecule has 0 amide bonds. The van der Waals surface area contributed by atoms with Gasteiger partial charge in [-0.1, -0.05) is 0 Å². The van der Waals surface area contributed by atoms with Gasteiger partial charge in [-0.3, -0.25) is 0 Å². The second kappa shape index (κ2) is 6.33. The molecule has 0 aliphatic carbocycles. The zero-order chi connectivity index (χ0) is 13.0. The minimum atomic E-state index is 0.178. The molecule has 2 heterocycles. The first-order valence-electron chi connectivity index (χ1n) is 7.49. The number of nitrogens with one attached hydrogen (secondary N) is 1. The van der Waals surface area contributed by atoms with E-state index in [2.05, 4.69) is 17.3 Å². The minimum absolute atomic E-state index is 0.178. The number of nitrogens with two attached hydrogens (primary N) is 1. The predicted octanol–water partition coefficient (Wildman–Crippen LogP) is 0.693. The topological polar surface area (TPSA) is 61.5 Å². The van der Waals surface area contributed by atoms with Crippen LogP contribution >= 0.6 is 0 Å². The van der Waals surface area contributed by atoms with Crippen LogP contribution in [-0.2, 0) is 0 Å². The van der Waals surface area contributed by atoms with Crippen molar-refractivity contribution in [3.63, 3.8) is 0 Å². The SMILES string of the molecule is CN1C2CCC1CC(CN)(NCCCCCO)C2. The smallest absolute Gasteiger partial charge is 0.0431 e. The number of nitrogens with zero attached hydrogens (tertiary/aromatic N) is 1. The van der Waals surface area contributed by atoms with E-state index in [-0.39, 0.29) is 5.54 Å². The van der Waals surface area contributed by atoms with E-state index in [1.54, 1.807) is 0 Å². The third-order valence-electron chi connectivity index (χ3n) is 4.96. The van der Waals surface area contributed by atoms with Crippen molar-refractivity contribution in [3.05, 3.63) is 0 Å². The zero-order valence-corrected chi connectivity index (χ0v) is 11.7. The molecule has 106 valence electrons. The average molecular weight is 255 g/mol. The Hall–Kier alpha value is -0.160. The fourth-order valence-electron chi connectivity index (χ4n) is 3.72. The molecule has 2 fully saturated rings. The molecule has 2 aliphatic rings. The van der Waals surface area contributed by atoms with Gasteiger partial charge in [0, 0.05) is 30.8 Å². The largest absolute Gasteiger partial charge is 0.396 e. The van der Waals surface area contributed by atoms with Gasteiger partial charge < -0.3 is 21.1 Å². The molecule has 2 bridgehead atoms. The van der Waals surface area contributed by atoms with Crippen LogP contribution in [0.25, 0.3) is 0 Å². The Morgan fingerprint density at radius 2 is 1.89 bits per heavy atom. The summed E-state index contributed by atoms with van der Waals surface area (Å²) in [6, 6.07) is 1.47. The molecule has 0 aromatic rings. The number of aliphatic hydroxyl groups excluding tert-OH is 1. The fourth-order valence-corrected chi connectivity index (χ4v) is 3.72. The van der Waals surface area contributed by atoms with Crippen molar-refractivity contribution in [2.75, 3.05) is 26.7 Å². The number of hydrogen-bond acceptors (Lipinski definition) is 4. The highest BCUT2D eigenvalue weighted by atomic mass is 16.2. The van der Waals surface area contributed by atoms with E-state index < -0.39 is 0 Å². The first-order chi connectivity index (χ1) is 8.71. The third-order valence-corrected chi connectivity index (χ3v) is 4.96. The predicted molar refractivity (Wildman–Crippen MR) is 74.5 cm³/mol. The molecule has 2 atom stereocenters. The Morgan fingerprint density at radius 3 is 2.44 bits per heavy atom. The molecular weight excluding hydrogens is 226 g/mol. The second-order valence-electron chi connectivity index (χ2n) is 6.15. The highest BCUT2D eigenvalue weighted by Crippen LogP contribution is 2.39. The van der Waals surface area contributed by atoms with E-state index in [0.29, 0.717) is 6.61 Å². The van der Waals surface area contributed by atoms with Gasteiger partial charge in [0.2, 0.25) is 0 Å². The highest BCUT2D eigenvalue weighted by Gasteiger charge is 2.45. The Labute approximate surface area is 111 Å². The number of piperidine rings is 1. The summed E-state index contributed by atoms with van der Waals surface area (Å²) < 4.78 is 0. The van der Waals surface area contributed by atoms with Gasteiger partial charge in [-0.05, 0) is 58.5 Å². The maximum absolute atomic E-state index is 8.77. The first kappa shape index (κ1) is 14.3. The van der Waals surface area contributed by atoms with Crippen molar-refractivity contribution < 1.29 is 5.11 Å². The monoisotopic (exact) mass is 255 g/mol. The van der Waals surface area contributed by atoms with E-state index in [1.807, 2.05) is 0 Å². The van der Waals surface area contributed by atoms with Crippen molar-refractivity contribution in [3.8, 4) is 0 Å². The van der Waals surface area contributed by atoms with Crippen molar-refractivity contribution in [2.24, 2.45) is 5.73 Å². The summed E-state index contributed by atoms with van der Waals surface area (Å²) in [7, 11) is 2.27. The quantitative estimate of drug-likeness (QED) is 0.586. The molecule has 2 aliphatic heterocycles. The standard InChI is InChI=1S/C14H29N3O/c1-17-12-5-6-13(17)10-14(9-12,11-15)16-7-3-2-4-8-18/h12-13,16,18H,2-11,15H2,1H3. The van der Waals surface area contributed by atoms with Gasteiger partial charge in [-0.15, -0.1) is 0 Å². The molecule has 0 spiro atoms. The lowest BCUT2D eigenvalue weighted by atomic mass is 9.83. The van der Waals surface area contributed by atoms with Gasteiger partial charge in [0.15, 0.2) is 0 Å². The minimum Gasteiger partial charge on any atom is -0.396 e. The fraction of sp³-hybridized carbons (Fsp3) is 1.00. The molecule has 2 unspecified atom stereocenters. The Morgan fingerprint density at radius 1 is 1.22 bits per heavy atom. The van der Waals surface area contributed by atoms with Gasteiger partial charge in [0.25, 0.3) is 0 Å². The molecule has 0 radical (unpaired) electrons. The Kier molecular flexibility index (Phi) is 5.01. The molecule has 4 N–H and O–H groups in total. The lowest BCUT2D eigenvalue weighted by molar-refractivity contribution is 0.0943. The van der Waals surface area contributed by atoms with E-state index >= 15 is 0 Å². The van der Waals surface area contributed by atoms with E-state index in [0.717, 1.165) is 44.4 Å². The molecule has 0 aromatic carbocycles. The Bertz CT molecular complexity index is 245. The first-order valence-corrected chi connectivity index (χ1v) is 7.49. The van der Waals surface area contributed by atoms with Gasteiger partial charge in [-0.25, -0.2) is 0 Å². The van der Waals surface area contributed by atoms with Crippen molar-refractivity contribution in [1.29, 1.82) is 0 Å². The second-order valence-corrected chi connectivity index (χ2v) is 6.15. The molecule has 18 heavy (non-hydrogen) atoms. The number of aliphatic hydroxyl groups is 1. The molecule has 0 aromatic heterocycles. The molecule has 2 saturated heterocycles. The van der Waals surface area contributed by atoms with E-state index in [1.165, 1.54) is 25.7 Å². The molecule has 4 nitrogen and oxygen atoms in total. The number of rotatable bonds is 7. The number of unbranched alkanes of at least 4 members (excludes halogenated alkanes) is 2. The summed E-state index contributed by atoms with van der Waals surface area (Å²) in [6.07, 6.45) is 8.27. The van der Waals surface area contributed by atoms with Crippen molar-refractivity contribution >= 4 is 0 Å². The van der Waals surface area contributed by atoms with Gasteiger partial charge in [0.1, 0.15) is 0 Å². The van der Waals surface area contributed by atoms with Gasteiger partial charge in [0.05, 0.1) is 0 Å². The molecular formula is C14H29N3O. The highest BCUT2D eigenvalue weighted by molar-refractivity contribution is 5.05. The maximum Gasteiger partial charge on any atom is 0.0431 e. The van der Waals surface area contributed by atoms with Crippen LogP contribution < -0.4 is 11.1 Å². The summed E-state index contributed by atoms with van der Waals surface area (Å²) in [4.78, 5) is 2.56. The van der Waals surface area contributed by atoms with Crippen LogP contribution in [0.3, 0.4) is 0 Å². The van der Waals surface area contributed by atoms with Crippen LogP contribution in [0.15, 0.2) is 0 Å². The lowest BCUT2D eigenvalue weighted by Crippen LogP contribution is -2.60. The summed E-state index contributed by atoms with van der Waals surface area (Å²) in [6.45, 7) is 2.12. The summed E-state index contributed by atoms with van der Waals surface area (Å²) in [5.74, 6) is 0. The summed E-state index contributed by atoms with van der Waals surface area (Å²) >= 11 is 0. The summed E-state index contributed by atoms with van der Waals surface area (Å²) in [5.41, 5.74) is 6.23. The van der Waals surface area contributed by atoms with Crippen LogP contribution in [0.2, 0.25) is 0 Å². The van der Waals surface area contributed by atoms with Crippen LogP contribution in [0.4, 0.5) is 0 Å². The average Bonchev–Trinajstić information content (AvgIpc) is 2.63. The maximum atomic E-state index is 8.77. The van der Waals surface area contributed by atoms with Crippen molar-refractivity contribution in [2.45, 2.75) is 62.6 Å². The van der Waals surface area contributed by atoms with E-state index in [9.17, 15) is 0 Å². The molecule has 0 saturated carbocycles. The van der Waals surface area contributed by atoms with Crippen molar-refractivity contribution in [1.82, 2.24) is 10.2 Å². The summed E-state index contributed by atoms with van der Waals surface area (Å²) in [5, 5.41) is 12.5. The van der Waals surface area contributed by atoms with Crippen LogP contribution in [0, 0.1) is 0 Å². The van der Waals surface area contributed by atoms with Crippen LogP contribution in [0.1, 0.15) is 44.9 Å². The van der Waals surface area contributed by atoms with Gasteiger partial charge in [-0.2, -0.15) is 0 Å². The molecule has 2 rings (SSSR count). The normalized spacial score (nSPS) is 36.2. The molecule has 4 heteroatoms. The lowest BCUT2D eigenvalue weighted by Gasteiger charge is -2.45. The van der Waals surface area contributed by atoms with Gasteiger partial charge >= 0.3 is 0 Å². The van der Waals surface area contributed by atoms with Crippen LogP contribution in [0.5, 0.6) is 0 Å². The zero-order valence-electron chi connectivity index (χ0n) is 11.7. The van der Waals surface area contributed by atoms with E-state index in [4.69, 9.17) is 10.8 Å². The van der Waals surface area contributed by atoms with Crippen LogP contribution in [-0.4, -0.2) is 54.4 Å². The number of hydrogen-bond donors (Lipinski definition) is 3. The Balaban J connectivity index is 1.80. The number of fused-ring (bicyclic) bond motifs is 2. The third kappa shape index (κ3) is 3.05.